The Balaban J connectivity index is 2.82. The predicted molar refractivity (Wildman–Crippen MR) is 62.6 cm³/mol. The topological polar surface area (TPSA) is 38.7 Å². The molecule has 0 saturated heterocycles. The van der Waals surface area contributed by atoms with E-state index in [0.717, 1.165) is 0 Å². The van der Waals surface area contributed by atoms with Gasteiger partial charge in [0, 0.05) is 5.56 Å². The summed E-state index contributed by atoms with van der Waals surface area (Å²) in [6.07, 6.45) is -2.50. The van der Waals surface area contributed by atoms with Gasteiger partial charge in [-0.2, -0.15) is 0 Å². The van der Waals surface area contributed by atoms with Crippen molar-refractivity contribution in [2.75, 3.05) is 20.3 Å². The van der Waals surface area contributed by atoms with Crippen LogP contribution in [0.3, 0.4) is 0 Å². The molecular formula is C13H14F2O3. The molecule has 0 aliphatic heterocycles. The molecule has 1 rings (SSSR count). The van der Waals surface area contributed by atoms with Crippen molar-refractivity contribution in [3.05, 3.63) is 29.3 Å². The molecule has 0 bridgehead atoms. The third kappa shape index (κ3) is 4.70. The van der Waals surface area contributed by atoms with Gasteiger partial charge < -0.3 is 14.6 Å². The lowest BCUT2D eigenvalue weighted by Crippen LogP contribution is -2.05. The molecule has 0 fully saturated rings. The zero-order valence-corrected chi connectivity index (χ0v) is 9.95. The summed E-state index contributed by atoms with van der Waals surface area (Å²) in [6, 6.07) is 5.08. The van der Waals surface area contributed by atoms with Gasteiger partial charge in [0.05, 0.1) is 13.7 Å². The number of hydrogen-bond donors (Lipinski definition) is 1. The molecule has 1 N–H and O–H groups in total. The second-order valence-corrected chi connectivity index (χ2v) is 3.39. The Morgan fingerprint density at radius 3 is 2.78 bits per heavy atom. The summed E-state index contributed by atoms with van der Waals surface area (Å²) >= 11 is 0. The lowest BCUT2D eigenvalue weighted by atomic mass is 10.1. The van der Waals surface area contributed by atoms with Crippen LogP contribution >= 0.6 is 0 Å². The number of halogens is 2. The van der Waals surface area contributed by atoms with Crippen molar-refractivity contribution >= 4 is 0 Å². The van der Waals surface area contributed by atoms with E-state index in [0.29, 0.717) is 16.9 Å². The van der Waals surface area contributed by atoms with Crippen molar-refractivity contribution < 1.29 is 23.4 Å². The minimum atomic E-state index is -2.50. The minimum Gasteiger partial charge on any atom is -0.497 e. The second-order valence-electron chi connectivity index (χ2n) is 3.39. The highest BCUT2D eigenvalue weighted by Crippen LogP contribution is 2.18. The first-order chi connectivity index (χ1) is 8.67. The van der Waals surface area contributed by atoms with Crippen LogP contribution in [0.25, 0.3) is 0 Å². The number of ether oxygens (including phenoxy) is 2. The van der Waals surface area contributed by atoms with Crippen molar-refractivity contribution in [2.24, 2.45) is 0 Å². The van der Waals surface area contributed by atoms with Gasteiger partial charge in [-0.3, -0.25) is 0 Å². The SMILES string of the molecule is COc1ccc(C#CCO)c(COCC(F)F)c1. The van der Waals surface area contributed by atoms with E-state index in [1.54, 1.807) is 18.2 Å². The van der Waals surface area contributed by atoms with Gasteiger partial charge in [0.15, 0.2) is 0 Å². The van der Waals surface area contributed by atoms with Gasteiger partial charge in [-0.1, -0.05) is 11.8 Å². The van der Waals surface area contributed by atoms with Crippen LogP contribution in [0.1, 0.15) is 11.1 Å². The summed E-state index contributed by atoms with van der Waals surface area (Å²) in [7, 11) is 1.51. The molecule has 3 nitrogen and oxygen atoms in total. The highest BCUT2D eigenvalue weighted by atomic mass is 19.3. The zero-order valence-electron chi connectivity index (χ0n) is 9.95. The molecule has 18 heavy (non-hydrogen) atoms. The summed E-state index contributed by atoms with van der Waals surface area (Å²) in [6.45, 7) is -0.857. The fourth-order valence-corrected chi connectivity index (χ4v) is 1.33. The molecule has 0 unspecified atom stereocenters. The molecule has 0 saturated carbocycles. The third-order valence-corrected chi connectivity index (χ3v) is 2.12. The first-order valence-electron chi connectivity index (χ1n) is 5.30. The number of aliphatic hydroxyl groups is 1. The van der Waals surface area contributed by atoms with Gasteiger partial charge in [-0.25, -0.2) is 8.78 Å². The summed E-state index contributed by atoms with van der Waals surface area (Å²) < 4.78 is 33.9. The first kappa shape index (κ1) is 14.4. The Morgan fingerprint density at radius 1 is 1.39 bits per heavy atom. The van der Waals surface area contributed by atoms with E-state index in [9.17, 15) is 8.78 Å². The minimum absolute atomic E-state index is 0.0248. The molecule has 98 valence electrons. The van der Waals surface area contributed by atoms with Gasteiger partial charge in [-0.05, 0) is 23.8 Å². The number of benzene rings is 1. The number of aliphatic hydroxyl groups excluding tert-OH is 1. The molecule has 5 heteroatoms. The van der Waals surface area contributed by atoms with E-state index >= 15 is 0 Å². The monoisotopic (exact) mass is 256 g/mol. The van der Waals surface area contributed by atoms with Crippen LogP contribution < -0.4 is 4.74 Å². The Kier molecular flexibility index (Phi) is 6.12. The number of alkyl halides is 2. The van der Waals surface area contributed by atoms with Gasteiger partial charge in [0.25, 0.3) is 6.43 Å². The van der Waals surface area contributed by atoms with Crippen molar-refractivity contribution in [3.8, 4) is 17.6 Å². The van der Waals surface area contributed by atoms with Crippen LogP contribution in [0, 0.1) is 11.8 Å². The molecular weight excluding hydrogens is 242 g/mol. The van der Waals surface area contributed by atoms with E-state index in [1.807, 2.05) is 0 Å². The maximum atomic E-state index is 12.0. The zero-order chi connectivity index (χ0) is 13.4. The lowest BCUT2D eigenvalue weighted by Gasteiger charge is -2.08. The molecule has 0 amide bonds. The molecule has 0 aliphatic rings. The number of methoxy groups -OCH3 is 1. The lowest BCUT2D eigenvalue weighted by molar-refractivity contribution is 0.00978. The van der Waals surface area contributed by atoms with E-state index in [1.165, 1.54) is 7.11 Å². The van der Waals surface area contributed by atoms with Crippen LogP contribution in [0.2, 0.25) is 0 Å². The van der Waals surface area contributed by atoms with E-state index < -0.39 is 13.0 Å². The van der Waals surface area contributed by atoms with Crippen LogP contribution in [0.5, 0.6) is 5.75 Å². The molecule has 0 atom stereocenters. The molecule has 1 aromatic rings. The van der Waals surface area contributed by atoms with Crippen molar-refractivity contribution in [1.29, 1.82) is 0 Å². The summed E-state index contributed by atoms with van der Waals surface area (Å²) in [5.41, 5.74) is 1.27. The molecule has 0 heterocycles. The fraction of sp³-hybridized carbons (Fsp3) is 0.385. The number of rotatable bonds is 5. The Bertz CT molecular complexity index is 436. The average Bonchev–Trinajstić information content (AvgIpc) is 2.36. The summed E-state index contributed by atoms with van der Waals surface area (Å²) in [5.74, 6) is 5.83. The summed E-state index contributed by atoms with van der Waals surface area (Å²) in [4.78, 5) is 0. The third-order valence-electron chi connectivity index (χ3n) is 2.12. The smallest absolute Gasteiger partial charge is 0.261 e. The maximum Gasteiger partial charge on any atom is 0.261 e. The molecule has 0 spiro atoms. The van der Waals surface area contributed by atoms with Gasteiger partial charge in [0.2, 0.25) is 0 Å². The number of hydrogen-bond acceptors (Lipinski definition) is 3. The van der Waals surface area contributed by atoms with Crippen LogP contribution in [-0.4, -0.2) is 31.9 Å². The van der Waals surface area contributed by atoms with Crippen molar-refractivity contribution in [2.45, 2.75) is 13.0 Å². The van der Waals surface area contributed by atoms with Crippen LogP contribution in [-0.2, 0) is 11.3 Å². The molecule has 0 radical (unpaired) electrons. The standard InChI is InChI=1S/C13H14F2O3/c1-17-12-5-4-10(3-2-6-16)11(7-12)8-18-9-13(14)15/h4-5,7,13,16H,6,8-9H2,1H3. The van der Waals surface area contributed by atoms with E-state index in [4.69, 9.17) is 14.6 Å². The van der Waals surface area contributed by atoms with Crippen LogP contribution in [0.15, 0.2) is 18.2 Å². The van der Waals surface area contributed by atoms with Crippen LogP contribution in [0.4, 0.5) is 8.78 Å². The molecule has 0 aliphatic carbocycles. The average molecular weight is 256 g/mol. The molecule has 0 aromatic heterocycles. The fourth-order valence-electron chi connectivity index (χ4n) is 1.33. The second kappa shape index (κ2) is 7.64. The van der Waals surface area contributed by atoms with Gasteiger partial charge in [0.1, 0.15) is 19.0 Å². The van der Waals surface area contributed by atoms with Gasteiger partial charge >= 0.3 is 0 Å². The largest absolute Gasteiger partial charge is 0.497 e. The Morgan fingerprint density at radius 2 is 2.17 bits per heavy atom. The molecule has 1 aromatic carbocycles. The normalized spacial score (nSPS) is 10.1. The van der Waals surface area contributed by atoms with Crippen molar-refractivity contribution in [1.82, 2.24) is 0 Å². The van der Waals surface area contributed by atoms with E-state index in [-0.39, 0.29) is 13.2 Å². The van der Waals surface area contributed by atoms with Gasteiger partial charge in [-0.15, -0.1) is 0 Å². The van der Waals surface area contributed by atoms with Crippen molar-refractivity contribution in [3.63, 3.8) is 0 Å². The Hall–Kier alpha value is -1.64. The maximum absolute atomic E-state index is 12.0. The highest BCUT2D eigenvalue weighted by Gasteiger charge is 2.06. The summed E-state index contributed by atoms with van der Waals surface area (Å²) in [5, 5.41) is 8.64. The first-order valence-corrected chi connectivity index (χ1v) is 5.30. The quantitative estimate of drug-likeness (QED) is 0.817. The highest BCUT2D eigenvalue weighted by molar-refractivity contribution is 5.45. The Labute approximate surface area is 104 Å². The van der Waals surface area contributed by atoms with E-state index in [2.05, 4.69) is 11.8 Å². The predicted octanol–water partition coefficient (Wildman–Crippen LogP) is 1.82.